The van der Waals surface area contributed by atoms with Crippen LogP contribution in [0.15, 0.2) is 73.3 Å². The van der Waals surface area contributed by atoms with E-state index in [2.05, 4.69) is 64.4 Å². The van der Waals surface area contributed by atoms with E-state index in [-0.39, 0.29) is 56.8 Å². The highest BCUT2D eigenvalue weighted by Gasteiger charge is 2.38. The minimum Gasteiger partial charge on any atom is -0.370 e. The summed E-state index contributed by atoms with van der Waals surface area (Å²) in [6.45, 7) is 13.3. The number of H-pyrrole nitrogens is 2. The highest BCUT2D eigenvalue weighted by Crippen LogP contribution is 2.20. The first-order valence-corrected chi connectivity index (χ1v) is 27.5. The maximum atomic E-state index is 14.4. The molecular formula is C57H83N13O10. The van der Waals surface area contributed by atoms with E-state index in [1.54, 1.807) is 50.4 Å². The van der Waals surface area contributed by atoms with Gasteiger partial charge in [-0.1, -0.05) is 109 Å². The van der Waals surface area contributed by atoms with Gasteiger partial charge in [-0.25, -0.2) is 4.98 Å². The second-order valence-corrected chi connectivity index (χ2v) is 21.6. The van der Waals surface area contributed by atoms with Crippen molar-refractivity contribution in [3.05, 3.63) is 90.1 Å². The lowest BCUT2D eigenvalue weighted by Gasteiger charge is -2.31. The summed E-state index contributed by atoms with van der Waals surface area (Å²) in [6.07, 6.45) is 8.85. The highest BCUT2D eigenvalue weighted by atomic mass is 16.2. The van der Waals surface area contributed by atoms with Gasteiger partial charge < -0.3 is 64.0 Å². The number of aromatic nitrogens is 3. The minimum atomic E-state index is -1.69. The Kier molecular flexibility index (Phi) is 25.3. The van der Waals surface area contributed by atoms with Gasteiger partial charge in [0.05, 0.1) is 6.33 Å². The number of carbonyl (C=O) groups excluding carboxylic acids is 10. The molecule has 23 heteroatoms. The molecule has 0 unspecified atom stereocenters. The first-order chi connectivity index (χ1) is 37.9. The summed E-state index contributed by atoms with van der Waals surface area (Å²) in [5, 5.41) is 22.3. The fraction of sp³-hybridized carbons (Fsp3) is 0.526. The zero-order valence-electron chi connectivity index (χ0n) is 47.3. The van der Waals surface area contributed by atoms with Gasteiger partial charge in [0.2, 0.25) is 59.1 Å². The Balaban J connectivity index is 1.53. The Morgan fingerprint density at radius 1 is 0.600 bits per heavy atom. The zero-order chi connectivity index (χ0) is 59.1. The van der Waals surface area contributed by atoms with Crippen molar-refractivity contribution in [1.82, 2.24) is 57.5 Å². The number of carbonyl (C=O) groups is 10. The molecule has 4 aromatic rings. The van der Waals surface area contributed by atoms with Crippen molar-refractivity contribution in [1.29, 1.82) is 0 Å². The molecule has 4 rings (SSSR count). The Morgan fingerprint density at radius 3 is 1.82 bits per heavy atom. The third kappa shape index (κ3) is 20.9. The van der Waals surface area contributed by atoms with Gasteiger partial charge in [0.1, 0.15) is 47.8 Å². The van der Waals surface area contributed by atoms with E-state index in [1.807, 2.05) is 38.1 Å². The predicted octanol–water partition coefficient (Wildman–Crippen LogP) is 2.04. The van der Waals surface area contributed by atoms with Crippen LogP contribution in [0.1, 0.15) is 130 Å². The van der Waals surface area contributed by atoms with Gasteiger partial charge in [-0.05, 0) is 69.1 Å². The van der Waals surface area contributed by atoms with Crippen LogP contribution in [0.4, 0.5) is 0 Å². The molecule has 7 atom stereocenters. The lowest BCUT2D eigenvalue weighted by atomic mass is 9.98. The topological polar surface area (TPSA) is 363 Å². The number of imidazole rings is 1. The maximum absolute atomic E-state index is 14.4. The molecule has 2 aromatic heterocycles. The molecule has 0 fully saturated rings. The second kappa shape index (κ2) is 31.5. The number of hydrogen-bond donors (Lipinski definition) is 12. The molecule has 80 heavy (non-hydrogen) atoms. The van der Waals surface area contributed by atoms with Gasteiger partial charge in [-0.2, -0.15) is 0 Å². The fourth-order valence-corrected chi connectivity index (χ4v) is 8.83. The largest absolute Gasteiger partial charge is 0.370 e. The maximum Gasteiger partial charge on any atom is 0.245 e. The average molecular weight is 1110 g/mol. The molecule has 0 saturated heterocycles. The van der Waals surface area contributed by atoms with Crippen molar-refractivity contribution in [2.45, 2.75) is 180 Å². The van der Waals surface area contributed by atoms with E-state index in [1.165, 1.54) is 33.3 Å². The third-order valence-electron chi connectivity index (χ3n) is 13.5. The number of hydrogen-bond acceptors (Lipinski definition) is 11. The number of fused-ring (bicyclic) bond motifs is 1. The Bertz CT molecular complexity index is 2730. The zero-order valence-corrected chi connectivity index (χ0v) is 47.3. The highest BCUT2D eigenvalue weighted by molar-refractivity contribution is 5.99. The number of rotatable bonds is 34. The van der Waals surface area contributed by atoms with E-state index in [9.17, 15) is 47.9 Å². The molecule has 0 saturated carbocycles. The van der Waals surface area contributed by atoms with Gasteiger partial charge >= 0.3 is 0 Å². The number of primary amides is 2. The van der Waals surface area contributed by atoms with Crippen molar-refractivity contribution >= 4 is 70.0 Å². The molecule has 0 spiro atoms. The summed E-state index contributed by atoms with van der Waals surface area (Å²) in [4.78, 5) is 146. The summed E-state index contributed by atoms with van der Waals surface area (Å²) in [5.41, 5.74) is 12.0. The van der Waals surface area contributed by atoms with Gasteiger partial charge in [0, 0.05) is 61.1 Å². The molecule has 0 aliphatic rings. The number of nitrogens with one attached hydrogen (secondary N) is 10. The molecule has 0 aliphatic heterocycles. The summed E-state index contributed by atoms with van der Waals surface area (Å²) in [7, 11) is 0. The number of aromatic amines is 2. The molecule has 436 valence electrons. The lowest BCUT2D eigenvalue weighted by molar-refractivity contribution is -0.138. The molecule has 2 aromatic carbocycles. The van der Waals surface area contributed by atoms with Gasteiger partial charge in [0.25, 0.3) is 0 Å². The van der Waals surface area contributed by atoms with Gasteiger partial charge in [-0.15, -0.1) is 0 Å². The van der Waals surface area contributed by atoms with Crippen LogP contribution in [0.25, 0.3) is 10.9 Å². The van der Waals surface area contributed by atoms with Crippen molar-refractivity contribution in [3.8, 4) is 0 Å². The van der Waals surface area contributed by atoms with Crippen LogP contribution in [0.5, 0.6) is 0 Å². The number of nitrogens with two attached hydrogens (primary N) is 2. The van der Waals surface area contributed by atoms with Crippen LogP contribution >= 0.6 is 0 Å². The van der Waals surface area contributed by atoms with Crippen molar-refractivity contribution < 1.29 is 47.9 Å². The van der Waals surface area contributed by atoms with Crippen LogP contribution in [0.2, 0.25) is 0 Å². The van der Waals surface area contributed by atoms with E-state index in [0.717, 1.165) is 42.1 Å². The fourth-order valence-electron chi connectivity index (χ4n) is 8.83. The first kappa shape index (κ1) is 64.4. The molecular weight excluding hydrogens is 1030 g/mol. The van der Waals surface area contributed by atoms with Crippen LogP contribution < -0.4 is 54.0 Å². The molecule has 23 nitrogen and oxygen atoms in total. The summed E-state index contributed by atoms with van der Waals surface area (Å²) in [5.74, 6) is -7.83. The Morgan fingerprint density at radius 2 is 1.20 bits per heavy atom. The smallest absolute Gasteiger partial charge is 0.245 e. The number of para-hydroxylation sites is 1. The standard InChI is InChI=1S/C57H83N13O10/c1-9-10-11-12-16-23-47(72)64-43(27-36-19-14-13-15-20-36)53(77)65-41(24-25-46(58)71)51(75)67-44(28-37-30-61-40-22-18-17-21-39(37)40)52(76)63-35(6)50(74)69-48(34(4)5)55(79)70-57(7,8)56(80)68-45(29-38-31-60-32-62-38)54(78)66-42(49(59)73)26-33(2)3/h13-15,17-22,30-35,41-45,48,61H,9-12,16,23-29H2,1-8H3,(H2,58,71)(H2,59,73)(H,60,62)(H,63,76)(H,64,72)(H,65,77)(H,66,78)(H,67,75)(H,68,80)(H,69,74)(H,70,79)/t35-,41-,42-,43+,44-,45-,48-/m0/s1. The molecule has 0 bridgehead atoms. The molecule has 14 N–H and O–H groups in total. The summed E-state index contributed by atoms with van der Waals surface area (Å²) < 4.78 is 0. The van der Waals surface area contributed by atoms with E-state index >= 15 is 0 Å². The molecule has 10 amide bonds. The second-order valence-electron chi connectivity index (χ2n) is 21.6. The number of unbranched alkanes of at least 4 members (excludes halogenated alkanes) is 4. The quantitative estimate of drug-likeness (QED) is 0.0300. The Hall–Kier alpha value is -8.11. The number of nitrogens with zero attached hydrogens (tertiary/aromatic N) is 1. The van der Waals surface area contributed by atoms with Crippen LogP contribution in [-0.4, -0.2) is 122 Å². The van der Waals surface area contributed by atoms with E-state index in [0.29, 0.717) is 17.7 Å². The van der Waals surface area contributed by atoms with Crippen molar-refractivity contribution in [3.63, 3.8) is 0 Å². The average Bonchev–Trinajstić information content (AvgIpc) is 4.08. The van der Waals surface area contributed by atoms with Gasteiger partial charge in [0.15, 0.2) is 0 Å². The van der Waals surface area contributed by atoms with Crippen LogP contribution in [-0.2, 0) is 67.2 Å². The summed E-state index contributed by atoms with van der Waals surface area (Å²) in [6, 6.07) is 7.51. The predicted molar refractivity (Wildman–Crippen MR) is 301 cm³/mol. The minimum absolute atomic E-state index is 0.00141. The van der Waals surface area contributed by atoms with Gasteiger partial charge in [-0.3, -0.25) is 47.9 Å². The monoisotopic (exact) mass is 1110 g/mol. The SMILES string of the molecule is CCCCCCCC(=O)N[C@H](Cc1ccccc1)C(=O)N[C@@H](CCC(N)=O)C(=O)N[C@@H](Cc1c[nH]c2ccccc12)C(=O)N[C@@H](C)C(=O)N[C@H](C(=O)NC(C)(C)C(=O)N[C@@H](Cc1cnc[nH]1)C(=O)N[C@@H](CC(C)C)C(N)=O)C(C)C. The van der Waals surface area contributed by atoms with Crippen LogP contribution in [0.3, 0.4) is 0 Å². The van der Waals surface area contributed by atoms with E-state index in [4.69, 9.17) is 11.5 Å². The first-order valence-electron chi connectivity index (χ1n) is 27.5. The number of amides is 10. The lowest BCUT2D eigenvalue weighted by Crippen LogP contribution is -2.64. The molecule has 0 radical (unpaired) electrons. The van der Waals surface area contributed by atoms with Crippen molar-refractivity contribution in [2.24, 2.45) is 23.3 Å². The van der Waals surface area contributed by atoms with Crippen LogP contribution in [0, 0.1) is 11.8 Å². The number of benzene rings is 2. The van der Waals surface area contributed by atoms with E-state index < -0.39 is 107 Å². The normalized spacial score (nSPS) is 14.1. The Labute approximate surface area is 467 Å². The van der Waals surface area contributed by atoms with Crippen molar-refractivity contribution in [2.75, 3.05) is 0 Å². The third-order valence-corrected chi connectivity index (χ3v) is 13.5. The molecule has 2 heterocycles. The summed E-state index contributed by atoms with van der Waals surface area (Å²) >= 11 is 0. The molecule has 0 aliphatic carbocycles.